The topological polar surface area (TPSA) is 42.4 Å². The third kappa shape index (κ3) is 3.25. The largest absolute Gasteiger partial charge is 0.468 e. The molecule has 0 saturated heterocycles. The summed E-state index contributed by atoms with van der Waals surface area (Å²) in [6.45, 7) is 5.63. The molecule has 0 spiro atoms. The molecule has 0 fully saturated rings. The zero-order valence-corrected chi connectivity index (χ0v) is 11.9. The summed E-state index contributed by atoms with van der Waals surface area (Å²) in [4.78, 5) is 2.23. The van der Waals surface area contributed by atoms with E-state index in [0.717, 1.165) is 12.3 Å². The van der Waals surface area contributed by atoms with Crippen molar-refractivity contribution in [3.63, 3.8) is 0 Å². The van der Waals surface area contributed by atoms with E-state index >= 15 is 0 Å². The Morgan fingerprint density at radius 1 is 1.21 bits per heavy atom. The van der Waals surface area contributed by atoms with E-state index < -0.39 is 0 Å². The molecule has 0 saturated carbocycles. The molecule has 2 N–H and O–H groups in total. The number of nitrogens with two attached hydrogens (primary N) is 1. The third-order valence-corrected chi connectivity index (χ3v) is 3.66. The van der Waals surface area contributed by atoms with Gasteiger partial charge >= 0.3 is 0 Å². The fourth-order valence-corrected chi connectivity index (χ4v) is 2.30. The minimum absolute atomic E-state index is 0.212. The van der Waals surface area contributed by atoms with Crippen LogP contribution >= 0.6 is 0 Å². The minimum atomic E-state index is 0.212. The molecule has 0 radical (unpaired) electrons. The van der Waals surface area contributed by atoms with Crippen LogP contribution in [-0.2, 0) is 6.54 Å². The van der Waals surface area contributed by atoms with E-state index in [1.165, 1.54) is 16.7 Å². The third-order valence-electron chi connectivity index (χ3n) is 3.66. The van der Waals surface area contributed by atoms with E-state index in [4.69, 9.17) is 10.2 Å². The fourth-order valence-electron chi connectivity index (χ4n) is 2.30. The molecule has 1 aromatic heterocycles. The first kappa shape index (κ1) is 13.8. The van der Waals surface area contributed by atoms with Crippen molar-refractivity contribution in [3.05, 3.63) is 59.0 Å². The van der Waals surface area contributed by atoms with Crippen molar-refractivity contribution in [2.24, 2.45) is 5.73 Å². The lowest BCUT2D eigenvalue weighted by molar-refractivity contribution is 0.223. The number of aryl methyl sites for hydroxylation is 2. The Kier molecular flexibility index (Phi) is 4.40. The smallest absolute Gasteiger partial charge is 0.117 e. The van der Waals surface area contributed by atoms with Gasteiger partial charge in [0.05, 0.1) is 12.8 Å². The van der Waals surface area contributed by atoms with Crippen molar-refractivity contribution in [1.82, 2.24) is 4.90 Å². The van der Waals surface area contributed by atoms with Gasteiger partial charge in [0.1, 0.15) is 5.76 Å². The highest BCUT2D eigenvalue weighted by Gasteiger charge is 2.17. The highest BCUT2D eigenvalue weighted by molar-refractivity contribution is 5.32. The van der Waals surface area contributed by atoms with Gasteiger partial charge in [-0.25, -0.2) is 0 Å². The first-order chi connectivity index (χ1) is 9.11. The molecule has 102 valence electrons. The van der Waals surface area contributed by atoms with E-state index in [1.807, 2.05) is 12.1 Å². The first-order valence-electron chi connectivity index (χ1n) is 6.61. The Bertz CT molecular complexity index is 520. The Labute approximate surface area is 115 Å². The zero-order valence-electron chi connectivity index (χ0n) is 11.9. The SMILES string of the molecule is Cc1ccc(C(CN)N(C)Cc2ccco2)cc1C. The average Bonchev–Trinajstić information content (AvgIpc) is 2.87. The number of nitrogens with zero attached hydrogens (tertiary/aromatic N) is 1. The fraction of sp³-hybridized carbons (Fsp3) is 0.375. The number of hydrogen-bond donors (Lipinski definition) is 1. The number of furan rings is 1. The Balaban J connectivity index is 2.16. The van der Waals surface area contributed by atoms with Crippen molar-refractivity contribution in [2.45, 2.75) is 26.4 Å². The highest BCUT2D eigenvalue weighted by Crippen LogP contribution is 2.22. The minimum Gasteiger partial charge on any atom is -0.468 e. The molecule has 0 amide bonds. The van der Waals surface area contributed by atoms with E-state index in [-0.39, 0.29) is 6.04 Å². The number of hydrogen-bond acceptors (Lipinski definition) is 3. The molecule has 0 aliphatic heterocycles. The van der Waals surface area contributed by atoms with Crippen LogP contribution in [0.1, 0.15) is 28.5 Å². The predicted molar refractivity (Wildman–Crippen MR) is 77.9 cm³/mol. The van der Waals surface area contributed by atoms with Gasteiger partial charge in [-0.1, -0.05) is 18.2 Å². The Morgan fingerprint density at radius 3 is 2.58 bits per heavy atom. The maximum absolute atomic E-state index is 5.95. The summed E-state index contributed by atoms with van der Waals surface area (Å²) < 4.78 is 5.40. The van der Waals surface area contributed by atoms with E-state index in [1.54, 1.807) is 6.26 Å². The molecular formula is C16H22N2O. The van der Waals surface area contributed by atoms with Crippen molar-refractivity contribution in [1.29, 1.82) is 0 Å². The van der Waals surface area contributed by atoms with Crippen molar-refractivity contribution in [2.75, 3.05) is 13.6 Å². The molecule has 1 unspecified atom stereocenters. The summed E-state index contributed by atoms with van der Waals surface area (Å²) in [7, 11) is 2.08. The molecule has 0 aliphatic rings. The Hall–Kier alpha value is -1.58. The number of likely N-dealkylation sites (N-methyl/N-ethyl adjacent to an activating group) is 1. The van der Waals surface area contributed by atoms with Crippen molar-refractivity contribution >= 4 is 0 Å². The molecule has 19 heavy (non-hydrogen) atoms. The van der Waals surface area contributed by atoms with Crippen LogP contribution in [0.4, 0.5) is 0 Å². The molecule has 3 nitrogen and oxygen atoms in total. The van der Waals surface area contributed by atoms with Crippen LogP contribution in [0.25, 0.3) is 0 Å². The molecule has 1 heterocycles. The van der Waals surface area contributed by atoms with Gasteiger partial charge in [-0.3, -0.25) is 4.90 Å². The normalized spacial score (nSPS) is 12.9. The highest BCUT2D eigenvalue weighted by atomic mass is 16.3. The number of rotatable bonds is 5. The van der Waals surface area contributed by atoms with Gasteiger partial charge in [0.2, 0.25) is 0 Å². The van der Waals surface area contributed by atoms with Gasteiger partial charge in [0, 0.05) is 12.6 Å². The molecule has 0 bridgehead atoms. The summed E-state index contributed by atoms with van der Waals surface area (Å²) in [5, 5.41) is 0. The van der Waals surface area contributed by atoms with Crippen molar-refractivity contribution in [3.8, 4) is 0 Å². The van der Waals surface area contributed by atoms with Crippen LogP contribution in [0.3, 0.4) is 0 Å². The monoisotopic (exact) mass is 258 g/mol. The maximum atomic E-state index is 5.95. The summed E-state index contributed by atoms with van der Waals surface area (Å²) in [5.41, 5.74) is 9.83. The van der Waals surface area contributed by atoms with E-state index in [0.29, 0.717) is 6.54 Å². The Morgan fingerprint density at radius 2 is 2.00 bits per heavy atom. The standard InChI is InChI=1S/C16H22N2O/c1-12-6-7-14(9-13(12)2)16(10-17)18(3)11-15-5-4-8-19-15/h4-9,16H,10-11,17H2,1-3H3. The van der Waals surface area contributed by atoms with E-state index in [2.05, 4.69) is 44.0 Å². The second kappa shape index (κ2) is 6.04. The van der Waals surface area contributed by atoms with Gasteiger partial charge in [-0.2, -0.15) is 0 Å². The molecule has 2 aromatic rings. The predicted octanol–water partition coefficient (Wildman–Crippen LogP) is 3.03. The molecule has 1 atom stereocenters. The molecule has 3 heteroatoms. The van der Waals surface area contributed by atoms with Crippen molar-refractivity contribution < 1.29 is 4.42 Å². The van der Waals surface area contributed by atoms with Gasteiger partial charge < -0.3 is 10.2 Å². The average molecular weight is 258 g/mol. The molecule has 1 aromatic carbocycles. The second-order valence-corrected chi connectivity index (χ2v) is 5.09. The van der Waals surface area contributed by atoms with Crippen LogP contribution in [0, 0.1) is 13.8 Å². The number of benzene rings is 1. The van der Waals surface area contributed by atoms with Crippen LogP contribution in [0.2, 0.25) is 0 Å². The van der Waals surface area contributed by atoms with Gasteiger partial charge in [0.15, 0.2) is 0 Å². The van der Waals surface area contributed by atoms with Crippen LogP contribution in [0.15, 0.2) is 41.0 Å². The summed E-state index contributed by atoms with van der Waals surface area (Å²) in [6.07, 6.45) is 1.71. The van der Waals surface area contributed by atoms with Gasteiger partial charge in [-0.05, 0) is 49.7 Å². The molecular weight excluding hydrogens is 236 g/mol. The lowest BCUT2D eigenvalue weighted by Gasteiger charge is -2.27. The molecule has 0 aliphatic carbocycles. The first-order valence-corrected chi connectivity index (χ1v) is 6.61. The molecule has 2 rings (SSSR count). The lowest BCUT2D eigenvalue weighted by Crippen LogP contribution is -2.30. The zero-order chi connectivity index (χ0) is 13.8. The summed E-state index contributed by atoms with van der Waals surface area (Å²) >= 11 is 0. The van der Waals surface area contributed by atoms with Gasteiger partial charge in [-0.15, -0.1) is 0 Å². The van der Waals surface area contributed by atoms with Gasteiger partial charge in [0.25, 0.3) is 0 Å². The van der Waals surface area contributed by atoms with Crippen LogP contribution in [-0.4, -0.2) is 18.5 Å². The van der Waals surface area contributed by atoms with Crippen LogP contribution < -0.4 is 5.73 Å². The lowest BCUT2D eigenvalue weighted by atomic mass is 10.00. The quantitative estimate of drug-likeness (QED) is 0.896. The van der Waals surface area contributed by atoms with Crippen LogP contribution in [0.5, 0.6) is 0 Å². The second-order valence-electron chi connectivity index (χ2n) is 5.09. The summed E-state index contributed by atoms with van der Waals surface area (Å²) in [6, 6.07) is 10.7. The summed E-state index contributed by atoms with van der Waals surface area (Å²) in [5.74, 6) is 0.963. The van der Waals surface area contributed by atoms with E-state index in [9.17, 15) is 0 Å². The maximum Gasteiger partial charge on any atom is 0.117 e.